The van der Waals surface area contributed by atoms with Crippen molar-refractivity contribution in [1.82, 2.24) is 0 Å². The molecule has 158 valence electrons. The van der Waals surface area contributed by atoms with Gasteiger partial charge in [0, 0.05) is 6.42 Å². The van der Waals surface area contributed by atoms with Crippen molar-refractivity contribution < 1.29 is 24.3 Å². The molecule has 0 saturated carbocycles. The summed E-state index contributed by atoms with van der Waals surface area (Å²) in [6, 6.07) is 15.9. The fraction of sp³-hybridized carbons (Fsp3) is 0.458. The third-order valence-electron chi connectivity index (χ3n) is 5.14. The summed E-state index contributed by atoms with van der Waals surface area (Å²) < 4.78 is 11.1. The van der Waals surface area contributed by atoms with Crippen molar-refractivity contribution >= 4 is 5.97 Å². The zero-order valence-corrected chi connectivity index (χ0v) is 17.8. The number of ether oxygens (including phenoxy) is 2. The van der Waals surface area contributed by atoms with Gasteiger partial charge in [-0.2, -0.15) is 0 Å². The highest BCUT2D eigenvalue weighted by Gasteiger charge is 2.41. The van der Waals surface area contributed by atoms with Crippen LogP contribution in [0.4, 0.5) is 0 Å². The average Bonchev–Trinajstić information content (AvgIpc) is 2.78. The monoisotopic (exact) mass is 400 g/mol. The predicted octanol–water partition coefficient (Wildman–Crippen LogP) is 2.57. The van der Waals surface area contributed by atoms with Crippen LogP contribution >= 0.6 is 0 Å². The molecule has 0 bridgehead atoms. The van der Waals surface area contributed by atoms with Crippen LogP contribution in [-0.4, -0.2) is 43.9 Å². The summed E-state index contributed by atoms with van der Waals surface area (Å²) in [6.45, 7) is 10.3. The lowest BCUT2D eigenvalue weighted by Crippen LogP contribution is -3.11. The van der Waals surface area contributed by atoms with E-state index < -0.39 is 11.6 Å². The van der Waals surface area contributed by atoms with Crippen LogP contribution in [-0.2, 0) is 15.1 Å². The molecule has 0 spiro atoms. The Hall–Kier alpha value is -2.37. The van der Waals surface area contributed by atoms with Gasteiger partial charge in [-0.3, -0.25) is 0 Å². The third kappa shape index (κ3) is 6.05. The number of quaternary nitrogens is 1. The molecule has 0 heterocycles. The average molecular weight is 401 g/mol. The van der Waals surface area contributed by atoms with Gasteiger partial charge in [0.15, 0.2) is 0 Å². The predicted molar refractivity (Wildman–Crippen MR) is 114 cm³/mol. The number of carbonyl (C=O) groups excluding carboxylic acids is 1. The quantitative estimate of drug-likeness (QED) is 0.425. The lowest BCUT2D eigenvalue weighted by atomic mass is 9.86. The molecular formula is C24H34NO4+. The van der Waals surface area contributed by atoms with Crippen LogP contribution in [0.3, 0.4) is 0 Å². The lowest BCUT2D eigenvalue weighted by Gasteiger charge is -2.27. The van der Waals surface area contributed by atoms with Gasteiger partial charge in [-0.25, -0.2) is 4.79 Å². The van der Waals surface area contributed by atoms with Crippen molar-refractivity contribution in [3.05, 3.63) is 65.7 Å². The van der Waals surface area contributed by atoms with Crippen LogP contribution in [0.2, 0.25) is 0 Å². The summed E-state index contributed by atoms with van der Waals surface area (Å²) >= 11 is 0. The first-order valence-corrected chi connectivity index (χ1v) is 10.6. The van der Waals surface area contributed by atoms with Gasteiger partial charge in [-0.15, -0.1) is 0 Å². The molecule has 0 fully saturated rings. The molecule has 0 saturated heterocycles. The van der Waals surface area contributed by atoms with Crippen LogP contribution < -0.4 is 9.64 Å². The molecule has 0 aromatic heterocycles. The Bertz CT molecular complexity index is 728. The van der Waals surface area contributed by atoms with Gasteiger partial charge in [-0.05, 0) is 43.5 Å². The van der Waals surface area contributed by atoms with Crippen LogP contribution in [0.5, 0.6) is 5.75 Å². The smallest absolute Gasteiger partial charge is 0.347 e. The van der Waals surface area contributed by atoms with Crippen LogP contribution in [0.1, 0.15) is 44.7 Å². The fourth-order valence-corrected chi connectivity index (χ4v) is 3.29. The Morgan fingerprint density at radius 3 is 2.14 bits per heavy atom. The Kier molecular flexibility index (Phi) is 9.16. The first-order chi connectivity index (χ1) is 14.1. The molecule has 5 heteroatoms. The summed E-state index contributed by atoms with van der Waals surface area (Å²) in [6.07, 6.45) is 1.68. The maximum Gasteiger partial charge on any atom is 0.347 e. The van der Waals surface area contributed by atoms with Gasteiger partial charge in [0.1, 0.15) is 5.75 Å². The molecule has 29 heavy (non-hydrogen) atoms. The number of carbonyl (C=O) groups is 1. The molecule has 2 aromatic rings. The second kappa shape index (κ2) is 11.6. The number of aliphatic hydroxyl groups is 1. The van der Waals surface area contributed by atoms with Gasteiger partial charge >= 0.3 is 5.97 Å². The normalized spacial score (nSPS) is 13.1. The minimum Gasteiger partial charge on any atom is -0.494 e. The van der Waals surface area contributed by atoms with Crippen LogP contribution in [0, 0.1) is 0 Å². The van der Waals surface area contributed by atoms with E-state index in [1.54, 1.807) is 48.5 Å². The van der Waals surface area contributed by atoms with Gasteiger partial charge in [0.05, 0.1) is 32.8 Å². The van der Waals surface area contributed by atoms with E-state index in [-0.39, 0.29) is 6.61 Å². The molecule has 0 aliphatic heterocycles. The molecule has 2 rings (SSSR count). The van der Waals surface area contributed by atoms with E-state index >= 15 is 0 Å². The number of nitrogens with one attached hydrogen (secondary N) is 1. The molecule has 1 atom stereocenters. The van der Waals surface area contributed by atoms with E-state index in [0.29, 0.717) is 23.5 Å². The maximum absolute atomic E-state index is 13.0. The van der Waals surface area contributed by atoms with E-state index in [9.17, 15) is 9.90 Å². The number of hydrogen-bond donors (Lipinski definition) is 2. The number of esters is 1. The van der Waals surface area contributed by atoms with Gasteiger partial charge in [-0.1, -0.05) is 49.4 Å². The van der Waals surface area contributed by atoms with Gasteiger partial charge in [0.25, 0.3) is 0 Å². The summed E-state index contributed by atoms with van der Waals surface area (Å²) in [5.74, 6) is 0.0575. The van der Waals surface area contributed by atoms with E-state index in [1.807, 2.05) is 13.0 Å². The standard InChI is InChI=1S/C24H33NO4/c1-4-18-28-22-15-13-21(14-16-22)24(27,20-11-8-7-9-12-20)23(26)29-19-10-17-25(5-2)6-3/h7-9,11-16,27H,4-6,10,17-19H2,1-3H3/p+1. The van der Waals surface area contributed by atoms with E-state index in [4.69, 9.17) is 9.47 Å². The van der Waals surface area contributed by atoms with Crippen molar-refractivity contribution in [1.29, 1.82) is 0 Å². The molecule has 0 radical (unpaired) electrons. The Morgan fingerprint density at radius 2 is 1.55 bits per heavy atom. The summed E-state index contributed by atoms with van der Waals surface area (Å²) in [4.78, 5) is 14.5. The number of hydrogen-bond acceptors (Lipinski definition) is 4. The zero-order valence-electron chi connectivity index (χ0n) is 17.8. The zero-order chi connectivity index (χ0) is 21.1. The van der Waals surface area contributed by atoms with E-state index in [2.05, 4.69) is 13.8 Å². The third-order valence-corrected chi connectivity index (χ3v) is 5.14. The molecule has 0 aliphatic carbocycles. The largest absolute Gasteiger partial charge is 0.494 e. The highest BCUT2D eigenvalue weighted by Crippen LogP contribution is 2.32. The highest BCUT2D eigenvalue weighted by atomic mass is 16.5. The molecule has 2 aromatic carbocycles. The minimum atomic E-state index is -1.85. The Morgan fingerprint density at radius 1 is 0.931 bits per heavy atom. The second-order valence-electron chi connectivity index (χ2n) is 7.15. The fourth-order valence-electron chi connectivity index (χ4n) is 3.29. The molecule has 5 nitrogen and oxygen atoms in total. The maximum atomic E-state index is 13.0. The van der Waals surface area contributed by atoms with Crippen molar-refractivity contribution in [2.75, 3.05) is 32.8 Å². The van der Waals surface area contributed by atoms with Crippen molar-refractivity contribution in [2.24, 2.45) is 0 Å². The SMILES string of the molecule is CCCOc1ccc(C(O)(C(=O)OCCC[NH+](CC)CC)c2ccccc2)cc1. The minimum absolute atomic E-state index is 0.287. The van der Waals surface area contributed by atoms with Crippen LogP contribution in [0.15, 0.2) is 54.6 Å². The van der Waals surface area contributed by atoms with Gasteiger partial charge in [0.2, 0.25) is 5.60 Å². The Labute approximate surface area is 174 Å². The summed E-state index contributed by atoms with van der Waals surface area (Å²) in [5.41, 5.74) is -0.902. The molecule has 0 aliphatic rings. The lowest BCUT2D eigenvalue weighted by molar-refractivity contribution is -0.896. The topological polar surface area (TPSA) is 60.2 Å². The second-order valence-corrected chi connectivity index (χ2v) is 7.15. The number of rotatable bonds is 12. The number of benzene rings is 2. The molecular weight excluding hydrogens is 366 g/mol. The van der Waals surface area contributed by atoms with Crippen molar-refractivity contribution in [3.63, 3.8) is 0 Å². The molecule has 2 N–H and O–H groups in total. The summed E-state index contributed by atoms with van der Waals surface area (Å²) in [7, 11) is 0. The van der Waals surface area contributed by atoms with Crippen molar-refractivity contribution in [2.45, 2.75) is 39.2 Å². The highest BCUT2D eigenvalue weighted by molar-refractivity contribution is 5.85. The molecule has 1 unspecified atom stereocenters. The first kappa shape index (κ1) is 22.9. The summed E-state index contributed by atoms with van der Waals surface area (Å²) in [5, 5.41) is 11.5. The molecule has 0 amide bonds. The van der Waals surface area contributed by atoms with Crippen LogP contribution in [0.25, 0.3) is 0 Å². The van der Waals surface area contributed by atoms with Crippen molar-refractivity contribution in [3.8, 4) is 5.75 Å². The first-order valence-electron chi connectivity index (χ1n) is 10.6. The van der Waals surface area contributed by atoms with E-state index in [1.165, 1.54) is 4.90 Å². The van der Waals surface area contributed by atoms with Gasteiger partial charge < -0.3 is 19.5 Å². The van der Waals surface area contributed by atoms with E-state index in [0.717, 1.165) is 32.5 Å². The Balaban J connectivity index is 2.17.